The molecule has 74 valence electrons. The lowest BCUT2D eigenvalue weighted by Crippen LogP contribution is -2.15. The van der Waals surface area contributed by atoms with Crippen molar-refractivity contribution in [3.05, 3.63) is 59.3 Å². The zero-order chi connectivity index (χ0) is 10.3. The molecule has 3 aliphatic rings. The zero-order valence-corrected chi connectivity index (χ0v) is 8.44. The van der Waals surface area contributed by atoms with Gasteiger partial charge in [0.05, 0.1) is 0 Å². The minimum atomic E-state index is 0.168. The minimum Gasteiger partial charge on any atom is -0.289 e. The smallest absolute Gasteiger partial charge is 0.185 e. The second-order valence-corrected chi connectivity index (χ2v) is 4.16. The first-order valence-corrected chi connectivity index (χ1v) is 5.35. The van der Waals surface area contributed by atoms with Crippen molar-refractivity contribution in [2.75, 3.05) is 0 Å². The van der Waals surface area contributed by atoms with Crippen LogP contribution in [0.4, 0.5) is 0 Å². The van der Waals surface area contributed by atoms with E-state index in [0.29, 0.717) is 5.92 Å². The molecule has 0 fully saturated rings. The van der Waals surface area contributed by atoms with Crippen molar-refractivity contribution in [1.82, 2.24) is 0 Å². The second-order valence-electron chi connectivity index (χ2n) is 4.16. The first-order chi connectivity index (χ1) is 7.34. The second kappa shape index (κ2) is 3.20. The summed E-state index contributed by atoms with van der Waals surface area (Å²) in [5.41, 5.74) is 3.45. The van der Waals surface area contributed by atoms with E-state index in [9.17, 15) is 4.79 Å². The highest BCUT2D eigenvalue weighted by Gasteiger charge is 2.24. The molecule has 1 unspecified atom stereocenters. The Kier molecular flexibility index (Phi) is 1.84. The maximum atomic E-state index is 11.7. The topological polar surface area (TPSA) is 17.1 Å². The van der Waals surface area contributed by atoms with E-state index >= 15 is 0 Å². The van der Waals surface area contributed by atoms with Gasteiger partial charge >= 0.3 is 0 Å². The Morgan fingerprint density at radius 3 is 3.13 bits per heavy atom. The van der Waals surface area contributed by atoms with E-state index in [0.717, 1.165) is 18.4 Å². The van der Waals surface area contributed by atoms with Gasteiger partial charge < -0.3 is 0 Å². The third-order valence-electron chi connectivity index (χ3n) is 3.17. The summed E-state index contributed by atoms with van der Waals surface area (Å²) in [6, 6.07) is 0. The predicted octanol–water partition coefficient (Wildman–Crippen LogP) is 2.88. The van der Waals surface area contributed by atoms with Crippen LogP contribution in [0.2, 0.25) is 0 Å². The van der Waals surface area contributed by atoms with Crippen molar-refractivity contribution >= 4 is 5.78 Å². The molecule has 0 saturated carbocycles. The first kappa shape index (κ1) is 8.66. The molecule has 0 bridgehead atoms. The first-order valence-electron chi connectivity index (χ1n) is 5.35. The van der Waals surface area contributed by atoms with Gasteiger partial charge in [-0.2, -0.15) is 0 Å². The lowest BCUT2D eigenvalue weighted by molar-refractivity contribution is -0.111. The molecule has 3 aliphatic carbocycles. The highest BCUT2D eigenvalue weighted by atomic mass is 16.1. The Labute approximate surface area is 89.2 Å². The van der Waals surface area contributed by atoms with Crippen LogP contribution in [0.3, 0.4) is 0 Å². The zero-order valence-electron chi connectivity index (χ0n) is 8.44. The number of carbonyl (C=O) groups is 1. The predicted molar refractivity (Wildman–Crippen MR) is 60.3 cm³/mol. The van der Waals surface area contributed by atoms with Crippen LogP contribution < -0.4 is 0 Å². The Bertz CT molecular complexity index is 470. The molecular formula is C14H12O. The quantitative estimate of drug-likeness (QED) is 0.582. The van der Waals surface area contributed by atoms with E-state index in [1.807, 2.05) is 6.08 Å². The van der Waals surface area contributed by atoms with Crippen LogP contribution in [0.5, 0.6) is 0 Å². The summed E-state index contributed by atoms with van der Waals surface area (Å²) in [4.78, 5) is 11.7. The van der Waals surface area contributed by atoms with Crippen molar-refractivity contribution in [2.45, 2.75) is 12.8 Å². The molecule has 3 rings (SSSR count). The minimum absolute atomic E-state index is 0.168. The van der Waals surface area contributed by atoms with Crippen molar-refractivity contribution in [3.8, 4) is 0 Å². The molecule has 0 aromatic rings. The van der Waals surface area contributed by atoms with Crippen molar-refractivity contribution in [3.63, 3.8) is 0 Å². The van der Waals surface area contributed by atoms with Gasteiger partial charge in [-0.1, -0.05) is 36.5 Å². The molecular weight excluding hydrogens is 184 g/mol. The van der Waals surface area contributed by atoms with Crippen molar-refractivity contribution < 1.29 is 4.79 Å². The van der Waals surface area contributed by atoms with E-state index < -0.39 is 0 Å². The number of ketones is 1. The highest BCUT2D eigenvalue weighted by molar-refractivity contribution is 6.09. The fourth-order valence-electron chi connectivity index (χ4n) is 2.36. The number of fused-ring (bicyclic) bond motifs is 2. The van der Waals surface area contributed by atoms with Gasteiger partial charge in [-0.05, 0) is 30.1 Å². The molecule has 0 amide bonds. The van der Waals surface area contributed by atoms with Gasteiger partial charge in [-0.25, -0.2) is 0 Å². The van der Waals surface area contributed by atoms with Crippen LogP contribution in [0, 0.1) is 5.92 Å². The molecule has 1 nitrogen and oxygen atoms in total. The van der Waals surface area contributed by atoms with Gasteiger partial charge in [0.1, 0.15) is 0 Å². The fourth-order valence-corrected chi connectivity index (χ4v) is 2.36. The molecule has 0 saturated heterocycles. The maximum absolute atomic E-state index is 11.7. The molecule has 0 spiro atoms. The summed E-state index contributed by atoms with van der Waals surface area (Å²) in [5.74, 6) is 0.588. The van der Waals surface area contributed by atoms with Crippen molar-refractivity contribution in [1.29, 1.82) is 0 Å². The lowest BCUT2D eigenvalue weighted by atomic mass is 9.79. The van der Waals surface area contributed by atoms with Crippen LogP contribution in [-0.4, -0.2) is 5.78 Å². The number of allylic oxidation sites excluding steroid dienone is 10. The summed E-state index contributed by atoms with van der Waals surface area (Å²) in [7, 11) is 0. The Morgan fingerprint density at radius 2 is 2.20 bits per heavy atom. The summed E-state index contributed by atoms with van der Waals surface area (Å²) in [5, 5.41) is 0. The fraction of sp³-hybridized carbons (Fsp3) is 0.214. The van der Waals surface area contributed by atoms with E-state index in [1.165, 1.54) is 11.1 Å². The molecule has 0 aromatic carbocycles. The molecule has 15 heavy (non-hydrogen) atoms. The van der Waals surface area contributed by atoms with Gasteiger partial charge in [0, 0.05) is 11.5 Å². The van der Waals surface area contributed by atoms with Crippen LogP contribution in [-0.2, 0) is 4.79 Å². The summed E-state index contributed by atoms with van der Waals surface area (Å²) in [6.45, 7) is 0. The summed E-state index contributed by atoms with van der Waals surface area (Å²) < 4.78 is 0. The van der Waals surface area contributed by atoms with Gasteiger partial charge in [0.15, 0.2) is 5.78 Å². The molecule has 0 aliphatic heterocycles. The van der Waals surface area contributed by atoms with Crippen LogP contribution >= 0.6 is 0 Å². The van der Waals surface area contributed by atoms with Crippen LogP contribution in [0.1, 0.15) is 12.8 Å². The normalized spacial score (nSPS) is 27.6. The maximum Gasteiger partial charge on any atom is 0.185 e. The molecule has 0 N–H and O–H groups in total. The van der Waals surface area contributed by atoms with Gasteiger partial charge in [-0.15, -0.1) is 0 Å². The monoisotopic (exact) mass is 196 g/mol. The Balaban J connectivity index is 2.09. The highest BCUT2D eigenvalue weighted by Crippen LogP contribution is 2.35. The molecule has 0 heterocycles. The van der Waals surface area contributed by atoms with E-state index in [-0.39, 0.29) is 5.78 Å². The molecule has 0 radical (unpaired) electrons. The average molecular weight is 196 g/mol. The Morgan fingerprint density at radius 1 is 1.27 bits per heavy atom. The Hall–Kier alpha value is -1.63. The van der Waals surface area contributed by atoms with Crippen LogP contribution in [0.25, 0.3) is 0 Å². The number of hydrogen-bond acceptors (Lipinski definition) is 1. The largest absolute Gasteiger partial charge is 0.289 e. The third-order valence-corrected chi connectivity index (χ3v) is 3.17. The van der Waals surface area contributed by atoms with Crippen molar-refractivity contribution in [2.24, 2.45) is 5.92 Å². The van der Waals surface area contributed by atoms with E-state index in [4.69, 9.17) is 0 Å². The molecule has 0 aromatic heterocycles. The molecule has 1 atom stereocenters. The molecule has 1 heteroatoms. The van der Waals surface area contributed by atoms with Gasteiger partial charge in [0.25, 0.3) is 0 Å². The van der Waals surface area contributed by atoms with Crippen LogP contribution in [0.15, 0.2) is 59.3 Å². The average Bonchev–Trinajstić information content (AvgIpc) is 2.27. The summed E-state index contributed by atoms with van der Waals surface area (Å²) in [6.07, 6.45) is 16.3. The van der Waals surface area contributed by atoms with E-state index in [2.05, 4.69) is 30.4 Å². The standard InChI is InChI=1S/C14H12O/c15-14-7-3-6-12-8-10-4-1-2-5-11(10)9-13(12)14/h1-4,7-9,11H,5-6H2. The SMILES string of the molecule is O=C1C=CCC2=CC3=CC=CCC3C=C12. The number of rotatable bonds is 0. The third kappa shape index (κ3) is 1.35. The number of hydrogen-bond donors (Lipinski definition) is 0. The van der Waals surface area contributed by atoms with Gasteiger partial charge in [-0.3, -0.25) is 4.79 Å². The lowest BCUT2D eigenvalue weighted by Gasteiger charge is -2.25. The number of carbonyl (C=O) groups excluding carboxylic acids is 1. The van der Waals surface area contributed by atoms with E-state index in [1.54, 1.807) is 6.08 Å². The van der Waals surface area contributed by atoms with Gasteiger partial charge in [0.2, 0.25) is 0 Å². The summed E-state index contributed by atoms with van der Waals surface area (Å²) >= 11 is 0.